The average molecular weight is 284 g/mol. The number of fused-ring (bicyclic) bond motifs is 1. The topological polar surface area (TPSA) is 25.2 Å². The molecule has 0 bridgehead atoms. The molecular weight excluding hydrogens is 260 g/mol. The number of benzene rings is 1. The molecule has 2 aromatic rings. The van der Waals surface area contributed by atoms with Crippen molar-refractivity contribution in [2.75, 3.05) is 13.1 Å². The van der Waals surface area contributed by atoms with Gasteiger partial charge in [-0.05, 0) is 51.8 Å². The number of carbonyl (C=O) groups excluding carboxylic acids is 1. The van der Waals surface area contributed by atoms with Gasteiger partial charge in [-0.2, -0.15) is 0 Å². The number of hydrogen-bond donors (Lipinski definition) is 0. The number of hydrogen-bond acceptors (Lipinski definition) is 2. The number of aryl methyl sites for hydroxylation is 1. The summed E-state index contributed by atoms with van der Waals surface area (Å²) in [5, 5.41) is 1.19. The van der Waals surface area contributed by atoms with Crippen LogP contribution in [0.5, 0.6) is 0 Å². The predicted molar refractivity (Wildman–Crippen MR) is 86.9 cm³/mol. The number of rotatable bonds is 2. The van der Waals surface area contributed by atoms with Crippen molar-refractivity contribution in [2.24, 2.45) is 0 Å². The minimum atomic E-state index is 0.200. The summed E-state index contributed by atoms with van der Waals surface area (Å²) in [7, 11) is 0. The first-order chi connectivity index (χ1) is 10.1. The smallest absolute Gasteiger partial charge is 0.245 e. The molecule has 0 N–H and O–H groups in total. The number of piperidine rings is 1. The molecule has 112 valence electrons. The molecule has 1 saturated heterocycles. The Balaban J connectivity index is 1.93. The molecule has 21 heavy (non-hydrogen) atoms. The van der Waals surface area contributed by atoms with Crippen LogP contribution >= 0.6 is 0 Å². The summed E-state index contributed by atoms with van der Waals surface area (Å²) >= 11 is 0. The second-order valence-electron chi connectivity index (χ2n) is 6.27. The van der Waals surface area contributed by atoms with Gasteiger partial charge in [0.15, 0.2) is 0 Å². The van der Waals surface area contributed by atoms with Gasteiger partial charge < -0.3 is 0 Å². The van der Waals surface area contributed by atoms with Crippen molar-refractivity contribution in [1.82, 2.24) is 9.47 Å². The fraction of sp³-hybridized carbons (Fsp3) is 0.500. The third-order valence-corrected chi connectivity index (χ3v) is 4.96. The predicted octanol–water partition coefficient (Wildman–Crippen LogP) is 3.77. The molecule has 0 saturated carbocycles. The van der Waals surface area contributed by atoms with Crippen LogP contribution in [0, 0.1) is 13.8 Å². The number of nitrogens with zero attached hydrogens (tertiary/aromatic N) is 2. The Morgan fingerprint density at radius 1 is 1.24 bits per heavy atom. The van der Waals surface area contributed by atoms with Crippen molar-refractivity contribution in [2.45, 2.75) is 46.1 Å². The van der Waals surface area contributed by atoms with Gasteiger partial charge in [-0.3, -0.25) is 14.3 Å². The van der Waals surface area contributed by atoms with Crippen LogP contribution in [-0.4, -0.2) is 34.5 Å². The van der Waals surface area contributed by atoms with E-state index in [1.807, 2.05) is 29.7 Å². The van der Waals surface area contributed by atoms with Gasteiger partial charge in [0, 0.05) is 17.1 Å². The van der Waals surface area contributed by atoms with Gasteiger partial charge in [-0.25, -0.2) is 0 Å². The Morgan fingerprint density at radius 3 is 2.76 bits per heavy atom. The van der Waals surface area contributed by atoms with Crippen LogP contribution in [0.3, 0.4) is 0 Å². The third kappa shape index (κ3) is 2.51. The van der Waals surface area contributed by atoms with E-state index < -0.39 is 0 Å². The summed E-state index contributed by atoms with van der Waals surface area (Å²) in [4.78, 5) is 15.2. The van der Waals surface area contributed by atoms with Gasteiger partial charge in [0.2, 0.25) is 5.91 Å². The van der Waals surface area contributed by atoms with E-state index in [0.29, 0.717) is 12.6 Å². The van der Waals surface area contributed by atoms with Crippen molar-refractivity contribution in [3.05, 3.63) is 35.5 Å². The maximum Gasteiger partial charge on any atom is 0.245 e. The third-order valence-electron chi connectivity index (χ3n) is 4.96. The highest BCUT2D eigenvalue weighted by Gasteiger charge is 2.23. The Labute approximate surface area is 126 Å². The second kappa shape index (κ2) is 5.64. The van der Waals surface area contributed by atoms with E-state index in [2.05, 4.69) is 24.8 Å². The zero-order valence-corrected chi connectivity index (χ0v) is 13.2. The maximum absolute atomic E-state index is 12.8. The van der Waals surface area contributed by atoms with Gasteiger partial charge in [-0.15, -0.1) is 0 Å². The standard InChI is InChI=1S/C18H24N2O/c1-13-8-6-7-11-19(13)12-18(21)20-15(3)14(2)16-9-4-5-10-17(16)20/h4-5,9-10,13H,6-8,11-12H2,1-3H3. The normalized spacial score (nSPS) is 20.0. The Hall–Kier alpha value is -1.61. The lowest BCUT2D eigenvalue weighted by Gasteiger charge is -2.32. The molecule has 2 heterocycles. The first-order valence-electron chi connectivity index (χ1n) is 7.93. The zero-order chi connectivity index (χ0) is 15.0. The lowest BCUT2D eigenvalue weighted by Crippen LogP contribution is -2.42. The lowest BCUT2D eigenvalue weighted by molar-refractivity contribution is 0.0782. The Bertz CT molecular complexity index is 671. The summed E-state index contributed by atoms with van der Waals surface area (Å²) in [6.45, 7) is 7.96. The number of aromatic nitrogens is 1. The number of carbonyl (C=O) groups is 1. The number of para-hydroxylation sites is 1. The fourth-order valence-corrected chi connectivity index (χ4v) is 3.49. The van der Waals surface area contributed by atoms with E-state index in [9.17, 15) is 4.79 Å². The highest BCUT2D eigenvalue weighted by Crippen LogP contribution is 2.25. The molecule has 0 aliphatic carbocycles. The molecule has 1 aromatic heterocycles. The molecule has 1 aliphatic heterocycles. The van der Waals surface area contributed by atoms with E-state index in [1.165, 1.54) is 30.2 Å². The molecule has 1 unspecified atom stereocenters. The summed E-state index contributed by atoms with van der Waals surface area (Å²) in [6.07, 6.45) is 3.70. The van der Waals surface area contributed by atoms with E-state index >= 15 is 0 Å². The molecule has 3 nitrogen and oxygen atoms in total. The van der Waals surface area contributed by atoms with Crippen LogP contribution in [-0.2, 0) is 0 Å². The number of likely N-dealkylation sites (tertiary alicyclic amines) is 1. The molecular formula is C18H24N2O. The molecule has 3 heteroatoms. The van der Waals surface area contributed by atoms with Crippen LogP contribution < -0.4 is 0 Å². The highest BCUT2D eigenvalue weighted by molar-refractivity contribution is 5.96. The maximum atomic E-state index is 12.8. The molecule has 0 spiro atoms. The quantitative estimate of drug-likeness (QED) is 0.838. The van der Waals surface area contributed by atoms with Gasteiger partial charge in [0.25, 0.3) is 0 Å². The summed E-state index contributed by atoms with van der Waals surface area (Å²) in [5.74, 6) is 0.200. The SMILES string of the molecule is Cc1c(C)n(C(=O)CN2CCCCC2C)c2ccccc12. The monoisotopic (exact) mass is 284 g/mol. The first-order valence-corrected chi connectivity index (χ1v) is 7.93. The Morgan fingerprint density at radius 2 is 2.00 bits per heavy atom. The molecule has 3 rings (SSSR count). The van der Waals surface area contributed by atoms with Gasteiger partial charge in [-0.1, -0.05) is 24.6 Å². The van der Waals surface area contributed by atoms with E-state index in [-0.39, 0.29) is 5.91 Å². The lowest BCUT2D eigenvalue weighted by atomic mass is 10.0. The average Bonchev–Trinajstić information content (AvgIpc) is 2.74. The molecule has 1 aromatic carbocycles. The summed E-state index contributed by atoms with van der Waals surface area (Å²) in [6, 6.07) is 8.72. The van der Waals surface area contributed by atoms with Crippen LogP contribution in [0.25, 0.3) is 10.9 Å². The fourth-order valence-electron chi connectivity index (χ4n) is 3.49. The van der Waals surface area contributed by atoms with Crippen LogP contribution in [0.1, 0.15) is 42.2 Å². The van der Waals surface area contributed by atoms with Crippen molar-refractivity contribution >= 4 is 16.8 Å². The van der Waals surface area contributed by atoms with E-state index in [1.54, 1.807) is 0 Å². The molecule has 0 amide bonds. The van der Waals surface area contributed by atoms with Gasteiger partial charge >= 0.3 is 0 Å². The molecule has 1 fully saturated rings. The van der Waals surface area contributed by atoms with Crippen molar-refractivity contribution in [3.8, 4) is 0 Å². The molecule has 1 aliphatic rings. The van der Waals surface area contributed by atoms with Gasteiger partial charge in [0.05, 0.1) is 12.1 Å². The van der Waals surface area contributed by atoms with Crippen molar-refractivity contribution < 1.29 is 4.79 Å². The summed E-state index contributed by atoms with van der Waals surface area (Å²) in [5.41, 5.74) is 3.33. The Kier molecular flexibility index (Phi) is 3.85. The largest absolute Gasteiger partial charge is 0.292 e. The summed E-state index contributed by atoms with van der Waals surface area (Å²) < 4.78 is 1.91. The minimum absolute atomic E-state index is 0.200. The zero-order valence-electron chi connectivity index (χ0n) is 13.2. The van der Waals surface area contributed by atoms with Crippen LogP contribution in [0.2, 0.25) is 0 Å². The highest BCUT2D eigenvalue weighted by atomic mass is 16.2. The van der Waals surface area contributed by atoms with Crippen molar-refractivity contribution in [1.29, 1.82) is 0 Å². The van der Waals surface area contributed by atoms with Crippen LogP contribution in [0.15, 0.2) is 24.3 Å². The van der Waals surface area contributed by atoms with Crippen LogP contribution in [0.4, 0.5) is 0 Å². The van der Waals surface area contributed by atoms with E-state index in [0.717, 1.165) is 17.8 Å². The molecule has 1 atom stereocenters. The van der Waals surface area contributed by atoms with Gasteiger partial charge in [0.1, 0.15) is 0 Å². The minimum Gasteiger partial charge on any atom is -0.292 e. The van der Waals surface area contributed by atoms with E-state index in [4.69, 9.17) is 0 Å². The first kappa shape index (κ1) is 14.3. The second-order valence-corrected chi connectivity index (χ2v) is 6.27. The van der Waals surface area contributed by atoms with Crippen molar-refractivity contribution in [3.63, 3.8) is 0 Å². The molecule has 0 radical (unpaired) electrons.